The quantitative estimate of drug-likeness (QED) is 0.852. The van der Waals surface area contributed by atoms with E-state index in [2.05, 4.69) is 0 Å². The van der Waals surface area contributed by atoms with Crippen LogP contribution >= 0.6 is 0 Å². The van der Waals surface area contributed by atoms with Crippen LogP contribution in [-0.2, 0) is 10.0 Å². The first-order chi connectivity index (χ1) is 9.73. The van der Waals surface area contributed by atoms with Crippen LogP contribution in [-0.4, -0.2) is 20.6 Å². The van der Waals surface area contributed by atoms with Gasteiger partial charge in [-0.15, -0.1) is 0 Å². The van der Waals surface area contributed by atoms with Gasteiger partial charge in [-0.1, -0.05) is 0 Å². The monoisotopic (exact) mass is 310 g/mol. The minimum absolute atomic E-state index is 0.0340. The molecule has 0 spiro atoms. The third kappa shape index (κ3) is 2.78. The van der Waals surface area contributed by atoms with Gasteiger partial charge in [0.2, 0.25) is 0 Å². The summed E-state index contributed by atoms with van der Waals surface area (Å²) in [4.78, 5) is -0.0584. The third-order valence-corrected chi connectivity index (χ3v) is 5.07. The predicted octanol–water partition coefficient (Wildman–Crippen LogP) is 2.25. The van der Waals surface area contributed by atoms with Gasteiger partial charge in [-0.25, -0.2) is 12.8 Å². The highest BCUT2D eigenvalue weighted by Crippen LogP contribution is 2.28. The summed E-state index contributed by atoms with van der Waals surface area (Å²) >= 11 is 0. The van der Waals surface area contributed by atoms with E-state index < -0.39 is 15.8 Å². The van der Waals surface area contributed by atoms with E-state index in [9.17, 15) is 17.9 Å². The molecule has 0 saturated heterocycles. The van der Waals surface area contributed by atoms with Gasteiger partial charge in [-0.3, -0.25) is 4.31 Å². The molecule has 7 heteroatoms. The molecule has 0 atom stereocenters. The van der Waals surface area contributed by atoms with Crippen LogP contribution in [0.5, 0.6) is 5.75 Å². The molecule has 0 aliphatic rings. The number of phenolic OH excluding ortho intramolecular Hbond substituents is 1. The Morgan fingerprint density at radius 2 is 1.76 bits per heavy atom. The highest BCUT2D eigenvalue weighted by Gasteiger charge is 2.24. The van der Waals surface area contributed by atoms with Gasteiger partial charge in [0.05, 0.1) is 16.3 Å². The maximum absolute atomic E-state index is 13.4. The van der Waals surface area contributed by atoms with Crippen molar-refractivity contribution in [3.8, 4) is 5.75 Å². The van der Waals surface area contributed by atoms with Crippen molar-refractivity contribution in [3.63, 3.8) is 0 Å². The third-order valence-electron chi connectivity index (χ3n) is 3.15. The first-order valence-electron chi connectivity index (χ1n) is 6.07. The van der Waals surface area contributed by atoms with E-state index in [4.69, 9.17) is 5.73 Å². The van der Waals surface area contributed by atoms with E-state index in [1.54, 1.807) is 0 Å². The minimum atomic E-state index is -3.87. The van der Waals surface area contributed by atoms with Gasteiger partial charge in [-0.05, 0) is 48.9 Å². The lowest BCUT2D eigenvalue weighted by Gasteiger charge is -2.21. The molecule has 2 rings (SSSR count). The topological polar surface area (TPSA) is 83.6 Å². The van der Waals surface area contributed by atoms with E-state index >= 15 is 0 Å². The maximum atomic E-state index is 13.4. The summed E-state index contributed by atoms with van der Waals surface area (Å²) in [5.41, 5.74) is 5.87. The number of phenols is 1. The number of nitrogens with two attached hydrogens (primary N) is 1. The summed E-state index contributed by atoms with van der Waals surface area (Å²) in [5.74, 6) is -0.620. The van der Waals surface area contributed by atoms with Crippen LogP contribution in [0.4, 0.5) is 15.8 Å². The molecule has 0 aliphatic carbocycles. The Labute approximate surface area is 122 Å². The second-order valence-corrected chi connectivity index (χ2v) is 6.57. The Bertz CT molecular complexity index is 774. The Morgan fingerprint density at radius 1 is 1.19 bits per heavy atom. The van der Waals surface area contributed by atoms with Crippen LogP contribution in [0.1, 0.15) is 5.56 Å². The van der Waals surface area contributed by atoms with Gasteiger partial charge in [0.25, 0.3) is 10.0 Å². The summed E-state index contributed by atoms with van der Waals surface area (Å²) in [6, 6.07) is 7.90. The van der Waals surface area contributed by atoms with Crippen LogP contribution in [0, 0.1) is 12.7 Å². The number of nitrogens with zero attached hydrogens (tertiary/aromatic N) is 1. The first kappa shape index (κ1) is 15.1. The first-order valence-corrected chi connectivity index (χ1v) is 7.51. The van der Waals surface area contributed by atoms with Crippen LogP contribution in [0.15, 0.2) is 41.3 Å². The second-order valence-electron chi connectivity index (χ2n) is 4.63. The Morgan fingerprint density at radius 3 is 2.33 bits per heavy atom. The molecule has 0 heterocycles. The second kappa shape index (κ2) is 5.25. The number of halogens is 1. The fourth-order valence-corrected chi connectivity index (χ4v) is 3.33. The van der Waals surface area contributed by atoms with Crippen molar-refractivity contribution < 1.29 is 17.9 Å². The molecule has 0 unspecified atom stereocenters. The van der Waals surface area contributed by atoms with Crippen molar-refractivity contribution in [2.75, 3.05) is 17.1 Å². The lowest BCUT2D eigenvalue weighted by Crippen LogP contribution is -2.27. The van der Waals surface area contributed by atoms with Crippen LogP contribution < -0.4 is 10.0 Å². The normalized spacial score (nSPS) is 11.4. The van der Waals surface area contributed by atoms with Crippen molar-refractivity contribution in [3.05, 3.63) is 47.8 Å². The van der Waals surface area contributed by atoms with E-state index in [-0.39, 0.29) is 21.9 Å². The zero-order chi connectivity index (χ0) is 15.8. The highest BCUT2D eigenvalue weighted by molar-refractivity contribution is 7.92. The van der Waals surface area contributed by atoms with Crippen molar-refractivity contribution in [1.82, 2.24) is 0 Å². The van der Waals surface area contributed by atoms with Gasteiger partial charge in [0.1, 0.15) is 11.6 Å². The van der Waals surface area contributed by atoms with E-state index in [1.807, 2.05) is 0 Å². The van der Waals surface area contributed by atoms with Gasteiger partial charge >= 0.3 is 0 Å². The molecule has 0 aromatic heterocycles. The van der Waals surface area contributed by atoms with Gasteiger partial charge in [-0.2, -0.15) is 0 Å². The molecule has 0 aliphatic heterocycles. The SMILES string of the molecule is Cc1cc(F)c(N)cc1S(=O)(=O)N(C)c1ccc(O)cc1. The van der Waals surface area contributed by atoms with Crippen LogP contribution in [0.25, 0.3) is 0 Å². The smallest absolute Gasteiger partial charge is 0.264 e. The maximum Gasteiger partial charge on any atom is 0.264 e. The van der Waals surface area contributed by atoms with Gasteiger partial charge in [0.15, 0.2) is 0 Å². The highest BCUT2D eigenvalue weighted by atomic mass is 32.2. The average Bonchev–Trinajstić information content (AvgIpc) is 2.42. The molecule has 0 fully saturated rings. The summed E-state index contributed by atoms with van der Waals surface area (Å²) in [7, 11) is -2.49. The molecule has 0 radical (unpaired) electrons. The molecule has 21 heavy (non-hydrogen) atoms. The van der Waals surface area contributed by atoms with Crippen molar-refractivity contribution >= 4 is 21.4 Å². The van der Waals surface area contributed by atoms with Crippen molar-refractivity contribution in [2.24, 2.45) is 0 Å². The average molecular weight is 310 g/mol. The fraction of sp³-hybridized carbons (Fsp3) is 0.143. The number of aryl methyl sites for hydroxylation is 1. The summed E-state index contributed by atoms with van der Waals surface area (Å²) in [6.07, 6.45) is 0. The molecule has 0 bridgehead atoms. The van der Waals surface area contributed by atoms with Crippen molar-refractivity contribution in [1.29, 1.82) is 0 Å². The van der Waals surface area contributed by atoms with E-state index in [1.165, 1.54) is 38.2 Å². The number of nitrogen functional groups attached to an aromatic ring is 1. The Hall–Kier alpha value is -2.28. The number of rotatable bonds is 3. The lowest BCUT2D eigenvalue weighted by molar-refractivity contribution is 0.475. The Balaban J connectivity index is 2.51. The number of sulfonamides is 1. The zero-order valence-corrected chi connectivity index (χ0v) is 12.4. The summed E-state index contributed by atoms with van der Waals surface area (Å²) in [5, 5.41) is 9.24. The van der Waals surface area contributed by atoms with E-state index in [0.29, 0.717) is 5.69 Å². The fourth-order valence-electron chi connectivity index (χ4n) is 1.90. The molecule has 5 nitrogen and oxygen atoms in total. The largest absolute Gasteiger partial charge is 0.508 e. The van der Waals surface area contributed by atoms with Crippen LogP contribution in [0.2, 0.25) is 0 Å². The molecular formula is C14H15FN2O3S. The molecule has 2 aromatic rings. The number of benzene rings is 2. The van der Waals surface area contributed by atoms with Gasteiger partial charge < -0.3 is 10.8 Å². The number of anilines is 2. The summed E-state index contributed by atoms with van der Waals surface area (Å²) in [6.45, 7) is 1.50. The molecular weight excluding hydrogens is 295 g/mol. The minimum Gasteiger partial charge on any atom is -0.508 e. The predicted molar refractivity (Wildman–Crippen MR) is 79.2 cm³/mol. The molecule has 0 amide bonds. The Kier molecular flexibility index (Phi) is 3.78. The summed E-state index contributed by atoms with van der Waals surface area (Å²) < 4.78 is 39.6. The van der Waals surface area contributed by atoms with Gasteiger partial charge in [0, 0.05) is 7.05 Å². The number of hydrogen-bond acceptors (Lipinski definition) is 4. The number of aromatic hydroxyl groups is 1. The number of hydrogen-bond donors (Lipinski definition) is 2. The van der Waals surface area contributed by atoms with Crippen molar-refractivity contribution in [2.45, 2.75) is 11.8 Å². The lowest BCUT2D eigenvalue weighted by atomic mass is 10.2. The van der Waals surface area contributed by atoms with Crippen LogP contribution in [0.3, 0.4) is 0 Å². The molecule has 112 valence electrons. The molecule has 0 saturated carbocycles. The zero-order valence-electron chi connectivity index (χ0n) is 11.5. The van der Waals surface area contributed by atoms with E-state index in [0.717, 1.165) is 16.4 Å². The molecule has 2 aromatic carbocycles. The standard InChI is InChI=1S/C14H15FN2O3S/c1-9-7-12(15)13(16)8-14(9)21(19,20)17(2)10-3-5-11(18)6-4-10/h3-8,18H,16H2,1-2H3. The molecule has 3 N–H and O–H groups in total.